The van der Waals surface area contributed by atoms with Crippen molar-refractivity contribution in [3.8, 4) is 0 Å². The zero-order valence-corrected chi connectivity index (χ0v) is 87.2. The fourth-order valence-electron chi connectivity index (χ4n) is 13.1. The number of nitrogens with zero attached hydrogens (tertiary/aromatic N) is 9. The Kier molecular flexibility index (Phi) is 55.9. The molecule has 44 heteroatoms. The van der Waals surface area contributed by atoms with Crippen LogP contribution in [0.4, 0.5) is 33.6 Å². The Morgan fingerprint density at radius 2 is 0.800 bits per heavy atom. The molecule has 0 aliphatic carbocycles. The van der Waals surface area contributed by atoms with Crippen LogP contribution in [0.3, 0.4) is 0 Å². The second-order valence-corrected chi connectivity index (χ2v) is 37.0. The van der Waals surface area contributed by atoms with Gasteiger partial charge in [-0.3, -0.25) is 48.1 Å². The van der Waals surface area contributed by atoms with Crippen molar-refractivity contribution in [1.29, 1.82) is 0 Å². The zero-order chi connectivity index (χ0) is 108. The van der Waals surface area contributed by atoms with E-state index < -0.39 is 99.7 Å². The van der Waals surface area contributed by atoms with Crippen LogP contribution in [0.5, 0.6) is 0 Å². The van der Waals surface area contributed by atoms with E-state index in [1.165, 1.54) is 48.5 Å². The van der Waals surface area contributed by atoms with Crippen molar-refractivity contribution in [1.82, 2.24) is 56.1 Å². The van der Waals surface area contributed by atoms with Crippen LogP contribution in [0, 0.1) is 0 Å². The Bertz CT molecular complexity index is 5010. The normalized spacial score (nSPS) is 15.9. The molecule has 145 heavy (non-hydrogen) atoms. The number of halogens is 3. The molecule has 6 aromatic rings. The van der Waals surface area contributed by atoms with E-state index in [-0.39, 0.29) is 107 Å². The van der Waals surface area contributed by atoms with Gasteiger partial charge in [-0.2, -0.15) is 0 Å². The maximum Gasteiger partial charge on any atom is 0.429 e. The van der Waals surface area contributed by atoms with E-state index in [0.717, 1.165) is 71.0 Å². The van der Waals surface area contributed by atoms with Gasteiger partial charge in [-0.05, 0) is 203 Å². The highest BCUT2D eigenvalue weighted by Crippen LogP contribution is 2.30. The molecular weight excluding hydrogens is 1950 g/mol. The monoisotopic (exact) mass is 2090 g/mol. The van der Waals surface area contributed by atoms with Crippen LogP contribution in [0.2, 0.25) is 0 Å². The average molecular weight is 2090 g/mol. The van der Waals surface area contributed by atoms with Crippen molar-refractivity contribution in [2.75, 3.05) is 74.3 Å². The summed E-state index contributed by atoms with van der Waals surface area (Å²) < 4.78 is 49.3. The number of ether oxygens (including phenoxy) is 10. The van der Waals surface area contributed by atoms with E-state index in [1.54, 1.807) is 32.9 Å². The number of esters is 7. The summed E-state index contributed by atoms with van der Waals surface area (Å²) in [5.41, 5.74) is 9.02. The van der Waals surface area contributed by atoms with Crippen molar-refractivity contribution >= 4 is 123 Å². The van der Waals surface area contributed by atoms with Gasteiger partial charge < -0.3 is 47.4 Å². The third-order valence-electron chi connectivity index (χ3n) is 19.7. The van der Waals surface area contributed by atoms with Crippen LogP contribution in [0.1, 0.15) is 187 Å². The molecule has 41 nitrogen and oxygen atoms in total. The Labute approximate surface area is 861 Å². The summed E-state index contributed by atoms with van der Waals surface area (Å²) >= 11 is 14.3. The molecule has 0 spiro atoms. The summed E-state index contributed by atoms with van der Waals surface area (Å²) in [5, 5.41) is 9.10. The van der Waals surface area contributed by atoms with E-state index in [4.69, 9.17) is 74.7 Å². The van der Waals surface area contributed by atoms with Gasteiger partial charge in [0.2, 0.25) is 5.91 Å². The topological polar surface area (TPSA) is 465 Å². The molecule has 0 radical (unpaired) electrons. The van der Waals surface area contributed by atoms with Crippen molar-refractivity contribution in [2.24, 2.45) is 5.90 Å². The Morgan fingerprint density at radius 1 is 0.441 bits per heavy atom. The molecule has 6 aromatic carbocycles. The van der Waals surface area contributed by atoms with Crippen LogP contribution in [0.15, 0.2) is 195 Å². The molecule has 5 fully saturated rings. The van der Waals surface area contributed by atoms with Crippen LogP contribution in [-0.2, 0) is 145 Å². The highest BCUT2D eigenvalue weighted by Gasteiger charge is 2.48. The lowest BCUT2D eigenvalue weighted by atomic mass is 10.1. The number of methoxy groups -OCH3 is 4. The molecule has 0 unspecified atom stereocenters. The fraction of sp³-hybridized carbons (Fsp3) is 0.475. The van der Waals surface area contributed by atoms with Crippen LogP contribution >= 0.6 is 34.8 Å². The summed E-state index contributed by atoms with van der Waals surface area (Å²) in [7, 11) is 5.03. The second kappa shape index (κ2) is 65.3. The lowest BCUT2D eigenvalue weighted by Gasteiger charge is -2.44. The SMILES string of the molecule is C=CC(=O)OCc1ccccc1.CC(C)(C)ON.CC(C)(C)ONCCC(=O)OCc1ccccc1.COC(=O)[C@@H]1CCCN(C(=O)OCc2ccccc2)N1.COC(=O)[C@@H]1CCCN(C(=O)OCc2ccccc2)N1C(=O)Cl.COC(=O)[C@@H]1CCCN(C(=O)OCc2ccccc2)N1C(=O)N(CCC(=O)OCc1ccccc1)OC(C)(C)C.COC(=O)[C@@H]1CCCN2C(=O)CCN(OC(C)(C)C)C(=O)N12.O=C(Cl)Cl. The summed E-state index contributed by atoms with van der Waals surface area (Å²) in [6.45, 7) is 28.2. The number of carbonyl (C=O) groups excluding carboxylic acids is 15. The van der Waals surface area contributed by atoms with Gasteiger partial charge >= 0.3 is 82.2 Å². The van der Waals surface area contributed by atoms with Crippen molar-refractivity contribution in [3.63, 3.8) is 0 Å². The maximum atomic E-state index is 13.9. The van der Waals surface area contributed by atoms with E-state index >= 15 is 0 Å². The van der Waals surface area contributed by atoms with Crippen LogP contribution in [-0.4, -0.2) is 254 Å². The third kappa shape index (κ3) is 49.4. The molecule has 0 aromatic heterocycles. The number of hydrazine groups is 4. The molecule has 0 saturated carbocycles. The molecule has 5 saturated heterocycles. The molecule has 5 aliphatic rings. The fourth-order valence-corrected chi connectivity index (χ4v) is 13.3. The Morgan fingerprint density at radius 3 is 1.18 bits per heavy atom. The first kappa shape index (κ1) is 124. The second-order valence-electron chi connectivity index (χ2n) is 35.8. The van der Waals surface area contributed by atoms with Gasteiger partial charge in [0.05, 0.1) is 76.8 Å². The zero-order valence-electron chi connectivity index (χ0n) is 85.0. The number of nitrogens with two attached hydrogens (primary N) is 1. The smallest absolute Gasteiger partial charge is 0.429 e. The lowest BCUT2D eigenvalue weighted by molar-refractivity contribution is -0.212. The third-order valence-corrected chi connectivity index (χ3v) is 19.9. The van der Waals surface area contributed by atoms with Gasteiger partial charge in [-0.15, -0.1) is 0 Å². The molecule has 796 valence electrons. The minimum Gasteiger partial charge on any atom is -0.468 e. The van der Waals surface area contributed by atoms with E-state index in [2.05, 4.69) is 55.0 Å². The van der Waals surface area contributed by atoms with E-state index in [0.29, 0.717) is 77.8 Å². The van der Waals surface area contributed by atoms with Gasteiger partial charge in [-0.1, -0.05) is 189 Å². The number of hydrogen-bond acceptors (Lipinski definition) is 32. The van der Waals surface area contributed by atoms with Gasteiger partial charge in [0.1, 0.15) is 45.7 Å². The van der Waals surface area contributed by atoms with Crippen molar-refractivity contribution in [2.45, 2.75) is 240 Å². The van der Waals surface area contributed by atoms with Crippen LogP contribution in [0.25, 0.3) is 0 Å². The van der Waals surface area contributed by atoms with Gasteiger partial charge in [0.25, 0.3) is 0 Å². The minimum atomic E-state index is -1.09. The Hall–Kier alpha value is -13.1. The molecule has 9 amide bonds. The van der Waals surface area contributed by atoms with Crippen LogP contribution < -0.4 is 16.8 Å². The highest BCUT2D eigenvalue weighted by molar-refractivity contribution is 6.93. The first-order valence-electron chi connectivity index (χ1n) is 46.4. The number of amides is 9. The lowest BCUT2D eigenvalue weighted by Crippen LogP contribution is -2.63. The number of rotatable bonds is 26. The molecule has 11 rings (SSSR count). The first-order valence-corrected chi connectivity index (χ1v) is 47.6. The van der Waals surface area contributed by atoms with Crippen molar-refractivity contribution < 1.29 is 139 Å². The number of carbonyl (C=O) groups is 15. The number of fused-ring (bicyclic) bond motifs is 1. The number of nitrogens with one attached hydrogen (secondary N) is 2. The molecular formula is C101H137Cl3N12O29. The molecule has 4 N–H and O–H groups in total. The Balaban J connectivity index is 0.000000367. The number of hydrogen-bond donors (Lipinski definition) is 3. The quantitative estimate of drug-likeness (QED) is 0.00863. The number of urea groups is 2. The molecule has 5 aliphatic heterocycles. The maximum absolute atomic E-state index is 13.9. The standard InChI is InChI=1S/C29H37N3O8.C15H17ClN2O5.C14H23N3O5.C14H18N2O4.C14H21NO3.C10H10O2.C4H11NO.CCl2O/c1-29(2,3)40-31(19-17-25(33)38-20-22-12-7-5-8-13-22)27(35)32-24(26(34)37-4)16-11-18-30(32)28(36)39-21-23-14-9-6-10-15-23;1-22-13(19)12-8-5-9-17(18(12)14(16)20)15(21)23-10-11-6-3-2-4-7-11;1-14(2,3)22-16-9-7-11(18)15-8-5-6-10(12(19)21-4)17(15)13(16)20;1-19-13(17)12-8-5-9-16(15-12)14(18)20-10-11-6-3-2-4-7-11;1-14(2,3)18-15-10-9-13(16)17-11-12-7-5-4-6-8-12;1-2-10(11)12-8-9-6-4-3-5-7-9;1-4(2,3)6-5;2-1(3)4/h5-10,12-15,24H,11,16-21H2,1-4H3;2-4,6-7,12H,5,8-10H2,1H3;10H,5-9H2,1-4H3;2-4,6-7,12,15H,5,8-10H2,1H3;4-8,15H,9-11H2,1-3H3;2-7H,1,8H2;5H2,1-3H3;/t24-;12-;10-;12-;;;;/m0000..../s1. The summed E-state index contributed by atoms with van der Waals surface area (Å²) in [6, 6.07) is 51.4. The van der Waals surface area contributed by atoms with Gasteiger partial charge in [-0.25, -0.2) is 105 Å². The first-order chi connectivity index (χ1) is 68.7. The predicted octanol–water partition coefficient (Wildman–Crippen LogP) is 16.0. The average Bonchev–Trinajstić information content (AvgIpc) is 1.71. The molecule has 0 bridgehead atoms. The summed E-state index contributed by atoms with van der Waals surface area (Å²) in [6.07, 6.45) is 3.50. The summed E-state index contributed by atoms with van der Waals surface area (Å²) in [5.74, 6) is 1.24. The summed E-state index contributed by atoms with van der Waals surface area (Å²) in [4.78, 5) is 201. The largest absolute Gasteiger partial charge is 0.468 e. The molecule has 5 heterocycles. The van der Waals surface area contributed by atoms with Gasteiger partial charge in [0, 0.05) is 45.2 Å². The highest BCUT2D eigenvalue weighted by atomic mass is 35.5. The van der Waals surface area contributed by atoms with Gasteiger partial charge in [0.15, 0.2) is 18.1 Å². The number of hydroxylamine groups is 5. The number of benzene rings is 6. The molecule has 4 atom stereocenters. The van der Waals surface area contributed by atoms with Crippen molar-refractivity contribution in [3.05, 3.63) is 228 Å². The van der Waals surface area contributed by atoms with E-state index in [1.807, 2.05) is 232 Å². The van der Waals surface area contributed by atoms with E-state index in [9.17, 15) is 67.1 Å². The predicted molar refractivity (Wildman–Crippen MR) is 531 cm³/mol. The minimum absolute atomic E-state index is 0.0173.